The van der Waals surface area contributed by atoms with Crippen LogP contribution in [0, 0.1) is 0 Å². The average molecular weight is 567 g/mol. The number of aliphatic hydroxyl groups excluding tert-OH is 1. The van der Waals surface area contributed by atoms with Crippen molar-refractivity contribution in [3.8, 4) is 0 Å². The van der Waals surface area contributed by atoms with Crippen molar-refractivity contribution >= 4 is 0 Å². The maximum atomic E-state index is 10.8. The van der Waals surface area contributed by atoms with Gasteiger partial charge in [0.05, 0.1) is 12.2 Å². The summed E-state index contributed by atoms with van der Waals surface area (Å²) in [5, 5.41) is 20.6. The van der Waals surface area contributed by atoms with E-state index in [1.54, 1.807) is 0 Å². The fourth-order valence-corrected chi connectivity index (χ4v) is 6.29. The molecule has 0 amide bonds. The molecule has 242 valence electrons. The van der Waals surface area contributed by atoms with Crippen LogP contribution < -0.4 is 0 Å². The summed E-state index contributed by atoms with van der Waals surface area (Å²) in [6.07, 6.45) is 45.5. The van der Waals surface area contributed by atoms with E-state index in [0.29, 0.717) is 0 Å². The Kier molecular flexibility index (Phi) is 33.4. The van der Waals surface area contributed by atoms with Gasteiger partial charge in [0.2, 0.25) is 0 Å². The van der Waals surface area contributed by atoms with Crippen LogP contribution in [-0.2, 0) is 0 Å². The van der Waals surface area contributed by atoms with E-state index in [1.807, 2.05) is 0 Å². The molecule has 0 aliphatic rings. The number of hydrogen-bond acceptors (Lipinski definition) is 2. The molecule has 0 aliphatic heterocycles. The predicted molar refractivity (Wildman–Crippen MR) is 180 cm³/mol. The normalized spacial score (nSPS) is 12.0. The van der Waals surface area contributed by atoms with Crippen LogP contribution in [0.1, 0.15) is 232 Å². The molecule has 0 saturated carbocycles. The first-order chi connectivity index (χ1) is 19.7. The molecule has 0 aromatic carbocycles. The SMILES string of the molecule is CCCCCCCCCCCCCCCCCCC(O)(CO)CCCCCCCCCCCCCCCCCC. The van der Waals surface area contributed by atoms with Gasteiger partial charge < -0.3 is 10.2 Å². The van der Waals surface area contributed by atoms with Crippen molar-refractivity contribution in [3.05, 3.63) is 0 Å². The summed E-state index contributed by atoms with van der Waals surface area (Å²) in [4.78, 5) is 0. The van der Waals surface area contributed by atoms with Crippen LogP contribution in [0.15, 0.2) is 0 Å². The average Bonchev–Trinajstić information content (AvgIpc) is 2.96. The summed E-state index contributed by atoms with van der Waals surface area (Å²) < 4.78 is 0. The van der Waals surface area contributed by atoms with E-state index in [9.17, 15) is 10.2 Å². The van der Waals surface area contributed by atoms with Gasteiger partial charge in [0, 0.05) is 0 Å². The number of hydrogen-bond donors (Lipinski definition) is 2. The van der Waals surface area contributed by atoms with Crippen LogP contribution in [0.5, 0.6) is 0 Å². The second kappa shape index (κ2) is 33.4. The summed E-state index contributed by atoms with van der Waals surface area (Å²) in [7, 11) is 0. The monoisotopic (exact) mass is 567 g/mol. The van der Waals surface area contributed by atoms with Crippen LogP contribution in [0.25, 0.3) is 0 Å². The molecule has 2 heteroatoms. The Bertz CT molecular complexity index is 413. The lowest BCUT2D eigenvalue weighted by atomic mass is 9.90. The third-order valence-corrected chi connectivity index (χ3v) is 9.29. The molecule has 0 radical (unpaired) electrons. The van der Waals surface area contributed by atoms with Crippen LogP contribution in [0.3, 0.4) is 0 Å². The summed E-state index contributed by atoms with van der Waals surface area (Å²) in [6.45, 7) is 4.52. The van der Waals surface area contributed by atoms with Gasteiger partial charge in [-0.05, 0) is 12.8 Å². The van der Waals surface area contributed by atoms with E-state index in [4.69, 9.17) is 0 Å². The molecule has 0 atom stereocenters. The zero-order valence-electron chi connectivity index (χ0n) is 28.1. The van der Waals surface area contributed by atoms with Crippen molar-refractivity contribution in [1.82, 2.24) is 0 Å². The summed E-state index contributed by atoms with van der Waals surface area (Å²) >= 11 is 0. The van der Waals surface area contributed by atoms with Gasteiger partial charge in [-0.25, -0.2) is 0 Å². The quantitative estimate of drug-likeness (QED) is 0.0749. The highest BCUT2D eigenvalue weighted by atomic mass is 16.3. The van der Waals surface area contributed by atoms with Gasteiger partial charge >= 0.3 is 0 Å². The van der Waals surface area contributed by atoms with Crippen molar-refractivity contribution in [2.45, 2.75) is 238 Å². The van der Waals surface area contributed by atoms with Crippen LogP contribution in [0.2, 0.25) is 0 Å². The number of aliphatic hydroxyl groups is 2. The largest absolute Gasteiger partial charge is 0.393 e. The Morgan fingerprint density at radius 3 is 0.650 bits per heavy atom. The molecule has 40 heavy (non-hydrogen) atoms. The predicted octanol–water partition coefficient (Wildman–Crippen LogP) is 13.0. The Hall–Kier alpha value is -0.0800. The third-order valence-electron chi connectivity index (χ3n) is 9.29. The van der Waals surface area contributed by atoms with Gasteiger partial charge in [-0.2, -0.15) is 0 Å². The van der Waals surface area contributed by atoms with Crippen molar-refractivity contribution in [3.63, 3.8) is 0 Å². The fourth-order valence-electron chi connectivity index (χ4n) is 6.29. The van der Waals surface area contributed by atoms with Crippen molar-refractivity contribution in [2.24, 2.45) is 0 Å². The van der Waals surface area contributed by atoms with Gasteiger partial charge in [-0.3, -0.25) is 0 Å². The Balaban J connectivity index is 3.38. The van der Waals surface area contributed by atoms with Gasteiger partial charge in [-0.1, -0.05) is 219 Å². The fraction of sp³-hybridized carbons (Fsp3) is 1.00. The first-order valence-electron chi connectivity index (χ1n) is 19.0. The second-order valence-electron chi connectivity index (χ2n) is 13.5. The molecule has 2 N–H and O–H groups in total. The maximum Gasteiger partial charge on any atom is 0.0877 e. The standard InChI is InChI=1S/C38H78O2/c1-3-5-7-9-11-13-15-17-19-21-23-25-27-29-31-33-35-38(40,37-39)36-34-32-30-28-26-24-22-20-18-16-14-12-10-8-6-4-2/h39-40H,3-37H2,1-2H3. The zero-order valence-corrected chi connectivity index (χ0v) is 28.1. The first kappa shape index (κ1) is 39.9. The molecule has 0 spiro atoms. The molecular weight excluding hydrogens is 488 g/mol. The number of rotatable bonds is 35. The minimum Gasteiger partial charge on any atom is -0.393 e. The van der Waals surface area contributed by atoms with Gasteiger partial charge in [-0.15, -0.1) is 0 Å². The molecule has 0 aliphatic carbocycles. The summed E-state index contributed by atoms with van der Waals surface area (Å²) in [5.41, 5.74) is -0.827. The first-order valence-corrected chi connectivity index (χ1v) is 19.0. The van der Waals surface area contributed by atoms with E-state index in [1.165, 1.54) is 193 Å². The highest BCUT2D eigenvalue weighted by Gasteiger charge is 2.24. The molecule has 0 unspecified atom stereocenters. The molecule has 0 fully saturated rings. The smallest absolute Gasteiger partial charge is 0.0877 e. The minimum atomic E-state index is -0.827. The molecule has 0 bridgehead atoms. The number of unbranched alkanes of at least 4 members (excludes halogenated alkanes) is 30. The van der Waals surface area contributed by atoms with Gasteiger partial charge in [0.15, 0.2) is 0 Å². The summed E-state index contributed by atoms with van der Waals surface area (Å²) in [5.74, 6) is 0. The third kappa shape index (κ3) is 30.9. The molecular formula is C38H78O2. The van der Waals surface area contributed by atoms with E-state index in [0.717, 1.165) is 25.7 Å². The van der Waals surface area contributed by atoms with Crippen molar-refractivity contribution in [1.29, 1.82) is 0 Å². The van der Waals surface area contributed by atoms with Crippen molar-refractivity contribution < 1.29 is 10.2 Å². The lowest BCUT2D eigenvalue weighted by Crippen LogP contribution is -2.33. The molecule has 0 heterocycles. The lowest BCUT2D eigenvalue weighted by Gasteiger charge is -2.26. The minimum absolute atomic E-state index is 0.0650. The van der Waals surface area contributed by atoms with Crippen LogP contribution >= 0.6 is 0 Å². The topological polar surface area (TPSA) is 40.5 Å². The second-order valence-corrected chi connectivity index (χ2v) is 13.5. The highest BCUT2D eigenvalue weighted by molar-refractivity contribution is 4.77. The molecule has 0 aromatic heterocycles. The van der Waals surface area contributed by atoms with Crippen LogP contribution in [0.4, 0.5) is 0 Å². The van der Waals surface area contributed by atoms with E-state index in [2.05, 4.69) is 13.8 Å². The van der Waals surface area contributed by atoms with Gasteiger partial charge in [0.25, 0.3) is 0 Å². The molecule has 0 rings (SSSR count). The lowest BCUT2D eigenvalue weighted by molar-refractivity contribution is -0.0314. The molecule has 0 aromatic rings. The zero-order chi connectivity index (χ0) is 29.2. The molecule has 2 nitrogen and oxygen atoms in total. The Morgan fingerprint density at radius 2 is 0.475 bits per heavy atom. The van der Waals surface area contributed by atoms with E-state index >= 15 is 0 Å². The Morgan fingerprint density at radius 1 is 0.300 bits per heavy atom. The Labute approximate surface area is 254 Å². The molecule has 0 saturated heterocycles. The van der Waals surface area contributed by atoms with Gasteiger partial charge in [0.1, 0.15) is 0 Å². The van der Waals surface area contributed by atoms with Crippen molar-refractivity contribution in [2.75, 3.05) is 6.61 Å². The van der Waals surface area contributed by atoms with E-state index in [-0.39, 0.29) is 6.61 Å². The van der Waals surface area contributed by atoms with Crippen LogP contribution in [-0.4, -0.2) is 22.4 Å². The summed E-state index contributed by atoms with van der Waals surface area (Å²) in [6, 6.07) is 0. The maximum absolute atomic E-state index is 10.8. The van der Waals surface area contributed by atoms with E-state index < -0.39 is 5.60 Å². The highest BCUT2D eigenvalue weighted by Crippen LogP contribution is 2.23.